The smallest absolute Gasteiger partial charge is 0.190 e. The maximum absolute atomic E-state index is 13.5. The van der Waals surface area contributed by atoms with Crippen molar-refractivity contribution in [1.29, 1.82) is 0 Å². The van der Waals surface area contributed by atoms with Gasteiger partial charge in [0.25, 0.3) is 0 Å². The average molecular weight is 406 g/mol. The third-order valence-electron chi connectivity index (χ3n) is 2.68. The summed E-state index contributed by atoms with van der Waals surface area (Å²) in [5.74, 6) is -2.28. The highest BCUT2D eigenvalue weighted by Gasteiger charge is 2.16. The first kappa shape index (κ1) is 21.5. The van der Waals surface area contributed by atoms with Crippen LogP contribution in [0, 0.1) is 11.6 Å². The molecule has 128 valence electrons. The van der Waals surface area contributed by atoms with Crippen LogP contribution in [0.2, 0.25) is 0 Å². The normalized spacial score (nSPS) is 12.1. The minimum Gasteiger partial charge on any atom is -1.00 e. The number of hydrogen-bond acceptors (Lipinski definition) is 5. The van der Waals surface area contributed by atoms with Crippen molar-refractivity contribution < 1.29 is 41.2 Å². The fraction of sp³-hybridized carbons (Fsp3) is 0.538. The lowest BCUT2D eigenvalue weighted by Gasteiger charge is -2.23. The van der Waals surface area contributed by atoms with Crippen molar-refractivity contribution in [3.8, 4) is 5.75 Å². The second-order valence-electron chi connectivity index (χ2n) is 4.41. The van der Waals surface area contributed by atoms with E-state index in [9.17, 15) is 13.9 Å². The van der Waals surface area contributed by atoms with Crippen LogP contribution in [0.3, 0.4) is 0 Å². The average Bonchev–Trinajstić information content (AvgIpc) is 2.37. The highest BCUT2D eigenvalue weighted by Crippen LogP contribution is 2.25. The molecule has 22 heavy (non-hydrogen) atoms. The van der Waals surface area contributed by atoms with E-state index in [1.54, 1.807) is 4.90 Å². The summed E-state index contributed by atoms with van der Waals surface area (Å²) in [5, 5.41) is 27.5. The molecule has 0 aromatic heterocycles. The maximum Gasteiger partial charge on any atom is 0.190 e. The van der Waals surface area contributed by atoms with Gasteiger partial charge in [0.15, 0.2) is 17.4 Å². The van der Waals surface area contributed by atoms with Crippen LogP contribution in [0.5, 0.6) is 5.75 Å². The molecule has 0 saturated heterocycles. The molecule has 1 aromatic rings. The summed E-state index contributed by atoms with van der Waals surface area (Å²) < 4.78 is 32.2. The number of hydrogen-bond donors (Lipinski definition) is 3. The largest absolute Gasteiger partial charge is 1.00 e. The quantitative estimate of drug-likeness (QED) is 0.433. The molecule has 0 saturated carbocycles. The topological polar surface area (TPSA) is 73.2 Å². The van der Waals surface area contributed by atoms with Crippen molar-refractivity contribution in [1.82, 2.24) is 4.90 Å². The summed E-state index contributed by atoms with van der Waals surface area (Å²) in [6.07, 6.45) is -1.01. The summed E-state index contributed by atoms with van der Waals surface area (Å²) in [5.41, 5.74) is 0. The van der Waals surface area contributed by atoms with E-state index in [0.717, 1.165) is 12.1 Å². The monoisotopic (exact) mass is 404 g/mol. The lowest BCUT2D eigenvalue weighted by molar-refractivity contribution is -0.0000128. The van der Waals surface area contributed by atoms with Gasteiger partial charge in [0.2, 0.25) is 0 Å². The van der Waals surface area contributed by atoms with E-state index in [0.29, 0.717) is 0 Å². The molecule has 1 unspecified atom stereocenters. The Bertz CT molecular complexity index is 427. The van der Waals surface area contributed by atoms with Crippen LogP contribution in [0.15, 0.2) is 16.6 Å². The molecule has 0 aliphatic rings. The Labute approximate surface area is 142 Å². The van der Waals surface area contributed by atoms with Crippen molar-refractivity contribution in [2.24, 2.45) is 0 Å². The van der Waals surface area contributed by atoms with Crippen LogP contribution in [0.1, 0.15) is 0 Å². The molecule has 0 aliphatic heterocycles. The van der Waals surface area contributed by atoms with Gasteiger partial charge in [-0.2, -0.15) is 0 Å². The van der Waals surface area contributed by atoms with Crippen molar-refractivity contribution >= 4 is 15.9 Å². The Morgan fingerprint density at radius 1 is 1.14 bits per heavy atom. The van der Waals surface area contributed by atoms with Gasteiger partial charge < -0.3 is 32.5 Å². The predicted molar refractivity (Wildman–Crippen MR) is 76.2 cm³/mol. The fourth-order valence-corrected chi connectivity index (χ4v) is 2.18. The Morgan fingerprint density at radius 2 is 1.64 bits per heavy atom. The number of aliphatic hydroxyl groups is 3. The van der Waals surface area contributed by atoms with Crippen LogP contribution in [-0.4, -0.2) is 65.8 Å². The molecular weight excluding hydrogens is 387 g/mol. The van der Waals surface area contributed by atoms with E-state index in [4.69, 9.17) is 14.9 Å². The first-order valence-corrected chi connectivity index (χ1v) is 7.16. The van der Waals surface area contributed by atoms with Gasteiger partial charge >= 0.3 is 0 Å². The van der Waals surface area contributed by atoms with E-state index < -0.39 is 23.5 Å². The summed E-state index contributed by atoms with van der Waals surface area (Å²) in [7, 11) is 0. The molecule has 9 heteroatoms. The zero-order valence-electron chi connectivity index (χ0n) is 11.7. The first-order chi connectivity index (χ1) is 9.97. The molecule has 0 radical (unpaired) electrons. The lowest BCUT2D eigenvalue weighted by Crippen LogP contribution is -3.00. The van der Waals surface area contributed by atoms with Gasteiger partial charge in [0.1, 0.15) is 12.7 Å². The van der Waals surface area contributed by atoms with Gasteiger partial charge in [-0.25, -0.2) is 8.78 Å². The zero-order valence-corrected chi connectivity index (χ0v) is 14.0. The maximum atomic E-state index is 13.5. The van der Waals surface area contributed by atoms with E-state index in [1.807, 2.05) is 0 Å². The van der Waals surface area contributed by atoms with Gasteiger partial charge in [-0.1, -0.05) is 15.9 Å². The molecule has 0 aliphatic carbocycles. The highest BCUT2D eigenvalue weighted by molar-refractivity contribution is 9.10. The van der Waals surface area contributed by atoms with Crippen molar-refractivity contribution in [2.45, 2.75) is 6.10 Å². The number of ether oxygens (including phenoxy) is 1. The Hall–Kier alpha value is -0.510. The van der Waals surface area contributed by atoms with Crippen molar-refractivity contribution in [3.05, 3.63) is 28.2 Å². The van der Waals surface area contributed by atoms with Gasteiger partial charge in [0.05, 0.1) is 13.2 Å². The Morgan fingerprint density at radius 3 is 2.09 bits per heavy atom. The second kappa shape index (κ2) is 11.1. The molecule has 0 heterocycles. The fourth-order valence-electron chi connectivity index (χ4n) is 1.77. The highest BCUT2D eigenvalue weighted by atomic mass is 79.9. The van der Waals surface area contributed by atoms with Crippen LogP contribution in [0.4, 0.5) is 8.78 Å². The standard InChI is InChI=1S/C13H18BrF2NO4.ClH/c14-9-5-11(15)13(12(16)6-9)21-8-10(20)7-17(1-3-18)2-4-19;/h5-6,10,18-20H,1-4,7-8H2;1H/p-1. The Balaban J connectivity index is 0.00000441. The number of benzene rings is 1. The van der Waals surface area contributed by atoms with Crippen LogP contribution < -0.4 is 17.1 Å². The van der Waals surface area contributed by atoms with Gasteiger partial charge in [-0.05, 0) is 12.1 Å². The Kier molecular flexibility index (Phi) is 10.8. The van der Waals surface area contributed by atoms with Crippen LogP contribution in [0.25, 0.3) is 0 Å². The van der Waals surface area contributed by atoms with E-state index in [2.05, 4.69) is 15.9 Å². The zero-order chi connectivity index (χ0) is 15.8. The van der Waals surface area contributed by atoms with Crippen LogP contribution in [-0.2, 0) is 0 Å². The number of aliphatic hydroxyl groups excluding tert-OH is 3. The SMILES string of the molecule is OCCN(CCO)CC(O)COc1c(F)cc(Br)cc1F.[Cl-]. The molecule has 5 nitrogen and oxygen atoms in total. The third kappa shape index (κ3) is 7.17. The molecule has 1 rings (SSSR count). The number of nitrogens with zero attached hydrogens (tertiary/aromatic N) is 1. The summed E-state index contributed by atoms with van der Waals surface area (Å²) >= 11 is 2.96. The molecule has 1 aromatic carbocycles. The summed E-state index contributed by atoms with van der Waals surface area (Å²) in [6.45, 7) is 0.119. The number of halogens is 4. The number of rotatable bonds is 9. The van der Waals surface area contributed by atoms with Crippen LogP contribution >= 0.6 is 15.9 Å². The first-order valence-electron chi connectivity index (χ1n) is 6.37. The molecule has 0 bridgehead atoms. The van der Waals surface area contributed by atoms with E-state index in [1.165, 1.54) is 0 Å². The molecular formula is C13H18BrClF2NO4-. The third-order valence-corrected chi connectivity index (χ3v) is 3.14. The van der Waals surface area contributed by atoms with Gasteiger partial charge in [0, 0.05) is 24.1 Å². The molecule has 3 N–H and O–H groups in total. The summed E-state index contributed by atoms with van der Waals surface area (Å²) in [6, 6.07) is 2.13. The molecule has 0 spiro atoms. The van der Waals surface area contributed by atoms with E-state index in [-0.39, 0.29) is 56.3 Å². The van der Waals surface area contributed by atoms with E-state index >= 15 is 0 Å². The lowest BCUT2D eigenvalue weighted by atomic mass is 10.3. The molecule has 1 atom stereocenters. The second-order valence-corrected chi connectivity index (χ2v) is 5.33. The van der Waals surface area contributed by atoms with Gasteiger partial charge in [-0.3, -0.25) is 4.90 Å². The van der Waals surface area contributed by atoms with Crippen molar-refractivity contribution in [3.63, 3.8) is 0 Å². The summed E-state index contributed by atoms with van der Waals surface area (Å²) in [4.78, 5) is 1.61. The molecule has 0 amide bonds. The minimum absolute atomic E-state index is 0. The minimum atomic E-state index is -1.01. The molecule has 0 fully saturated rings. The van der Waals surface area contributed by atoms with Crippen molar-refractivity contribution in [2.75, 3.05) is 39.5 Å². The van der Waals surface area contributed by atoms with Gasteiger partial charge in [-0.15, -0.1) is 0 Å². The predicted octanol–water partition coefficient (Wildman–Crippen LogP) is -2.24.